The lowest BCUT2D eigenvalue weighted by Gasteiger charge is -2.18. The van der Waals surface area contributed by atoms with Crippen molar-refractivity contribution in [1.82, 2.24) is 0 Å². The number of carbonyl (C=O) groups is 3. The van der Waals surface area contributed by atoms with Gasteiger partial charge in [-0.3, -0.25) is 14.4 Å². The number of hydrogen-bond donors (Lipinski definition) is 0. The maximum atomic E-state index is 12.9. The van der Waals surface area contributed by atoms with E-state index in [1.165, 1.54) is 257 Å². The van der Waals surface area contributed by atoms with Crippen molar-refractivity contribution in [2.24, 2.45) is 0 Å². The van der Waals surface area contributed by atoms with Crippen LogP contribution in [0, 0.1) is 0 Å². The Balaban J connectivity index is 4.09. The van der Waals surface area contributed by atoms with Gasteiger partial charge in [-0.25, -0.2) is 0 Å². The molecule has 0 saturated heterocycles. The molecule has 0 aromatic carbocycles. The minimum absolute atomic E-state index is 0.0645. The van der Waals surface area contributed by atoms with Crippen LogP contribution in [0.25, 0.3) is 0 Å². The zero-order valence-electron chi connectivity index (χ0n) is 53.2. The third kappa shape index (κ3) is 66.1. The number of allylic oxidation sites excluding steroid dienone is 8. The molecule has 0 aliphatic carbocycles. The molecule has 79 heavy (non-hydrogen) atoms. The SMILES string of the molecule is CC/C=C\C/C=C\C/C=C\C/C=C\CCCCCCCCCCCCCCCCCCCCCCC(=O)OCC(COC(=O)CCCCCCCCCCCCCCC)OC(=O)CCCCCCCCCCCCCCCCC. The van der Waals surface area contributed by atoms with E-state index in [1.807, 2.05) is 0 Å². The Morgan fingerprint density at radius 1 is 0.266 bits per heavy atom. The van der Waals surface area contributed by atoms with Gasteiger partial charge in [-0.05, 0) is 57.8 Å². The van der Waals surface area contributed by atoms with Gasteiger partial charge in [-0.15, -0.1) is 0 Å². The van der Waals surface area contributed by atoms with Gasteiger partial charge >= 0.3 is 17.9 Å². The first-order valence-corrected chi connectivity index (χ1v) is 35.1. The molecule has 0 rings (SSSR count). The van der Waals surface area contributed by atoms with Gasteiger partial charge in [0, 0.05) is 19.3 Å². The molecule has 0 aromatic rings. The molecule has 0 aliphatic heterocycles. The molecular formula is C73H134O6. The molecule has 0 saturated carbocycles. The fourth-order valence-electron chi connectivity index (χ4n) is 10.6. The molecular weight excluding hydrogens is 973 g/mol. The van der Waals surface area contributed by atoms with E-state index in [4.69, 9.17) is 14.2 Å². The van der Waals surface area contributed by atoms with E-state index in [2.05, 4.69) is 69.4 Å². The van der Waals surface area contributed by atoms with Crippen molar-refractivity contribution in [3.63, 3.8) is 0 Å². The third-order valence-corrected chi connectivity index (χ3v) is 15.8. The van der Waals surface area contributed by atoms with Gasteiger partial charge in [-0.1, -0.05) is 352 Å². The number of unbranched alkanes of at least 4 members (excludes halogenated alkanes) is 46. The summed E-state index contributed by atoms with van der Waals surface area (Å²) in [6, 6.07) is 0. The highest BCUT2D eigenvalue weighted by atomic mass is 16.6. The average Bonchev–Trinajstić information content (AvgIpc) is 3.45. The smallest absolute Gasteiger partial charge is 0.306 e. The highest BCUT2D eigenvalue weighted by Gasteiger charge is 2.19. The van der Waals surface area contributed by atoms with E-state index in [-0.39, 0.29) is 31.1 Å². The Bertz CT molecular complexity index is 1360. The van der Waals surface area contributed by atoms with Crippen LogP contribution in [-0.2, 0) is 28.6 Å². The van der Waals surface area contributed by atoms with Gasteiger partial charge in [0.15, 0.2) is 6.10 Å². The monoisotopic (exact) mass is 1110 g/mol. The summed E-state index contributed by atoms with van der Waals surface area (Å²) in [5.74, 6) is -0.834. The van der Waals surface area contributed by atoms with Crippen LogP contribution >= 0.6 is 0 Å². The molecule has 6 heteroatoms. The van der Waals surface area contributed by atoms with Gasteiger partial charge in [0.25, 0.3) is 0 Å². The minimum Gasteiger partial charge on any atom is -0.462 e. The Hall–Kier alpha value is -2.63. The molecule has 1 atom stereocenters. The van der Waals surface area contributed by atoms with Crippen molar-refractivity contribution in [3.05, 3.63) is 48.6 Å². The summed E-state index contributed by atoms with van der Waals surface area (Å²) in [4.78, 5) is 38.3. The van der Waals surface area contributed by atoms with Crippen molar-refractivity contribution < 1.29 is 28.6 Å². The van der Waals surface area contributed by atoms with Crippen LogP contribution in [0.4, 0.5) is 0 Å². The van der Waals surface area contributed by atoms with Gasteiger partial charge in [0.2, 0.25) is 0 Å². The predicted octanol–water partition coefficient (Wildman–Crippen LogP) is 24.1. The molecule has 0 aromatic heterocycles. The molecule has 0 N–H and O–H groups in total. The minimum atomic E-state index is -0.767. The van der Waals surface area contributed by atoms with Crippen LogP contribution in [0.3, 0.4) is 0 Å². The molecule has 462 valence electrons. The number of ether oxygens (including phenoxy) is 3. The van der Waals surface area contributed by atoms with Gasteiger partial charge in [0.05, 0.1) is 0 Å². The second-order valence-electron chi connectivity index (χ2n) is 23.8. The first kappa shape index (κ1) is 76.4. The molecule has 0 aliphatic rings. The lowest BCUT2D eigenvalue weighted by Crippen LogP contribution is -2.30. The summed E-state index contributed by atoms with van der Waals surface area (Å²) >= 11 is 0. The summed E-state index contributed by atoms with van der Waals surface area (Å²) in [6.45, 7) is 6.59. The van der Waals surface area contributed by atoms with Crippen LogP contribution in [-0.4, -0.2) is 37.2 Å². The molecule has 0 fully saturated rings. The van der Waals surface area contributed by atoms with Crippen LogP contribution < -0.4 is 0 Å². The number of hydrogen-bond acceptors (Lipinski definition) is 6. The van der Waals surface area contributed by atoms with E-state index in [9.17, 15) is 14.4 Å². The molecule has 0 bridgehead atoms. The normalized spacial score (nSPS) is 12.3. The van der Waals surface area contributed by atoms with Crippen molar-refractivity contribution in [2.75, 3.05) is 13.2 Å². The van der Waals surface area contributed by atoms with Crippen LogP contribution in [0.2, 0.25) is 0 Å². The predicted molar refractivity (Wildman–Crippen MR) is 344 cm³/mol. The van der Waals surface area contributed by atoms with Crippen molar-refractivity contribution in [1.29, 1.82) is 0 Å². The molecule has 0 heterocycles. The number of rotatable bonds is 65. The molecule has 1 unspecified atom stereocenters. The largest absolute Gasteiger partial charge is 0.462 e. The van der Waals surface area contributed by atoms with E-state index in [1.54, 1.807) is 0 Å². The quantitative estimate of drug-likeness (QED) is 0.0261. The molecule has 6 nitrogen and oxygen atoms in total. The number of esters is 3. The zero-order valence-corrected chi connectivity index (χ0v) is 53.2. The Morgan fingerprint density at radius 2 is 0.494 bits per heavy atom. The summed E-state index contributed by atoms with van der Waals surface area (Å²) in [5, 5.41) is 0. The maximum Gasteiger partial charge on any atom is 0.306 e. The third-order valence-electron chi connectivity index (χ3n) is 15.8. The highest BCUT2D eigenvalue weighted by molar-refractivity contribution is 5.71. The summed E-state index contributed by atoms with van der Waals surface area (Å²) in [6.07, 6.45) is 85.8. The molecule has 0 amide bonds. The first-order chi connectivity index (χ1) is 39.0. The van der Waals surface area contributed by atoms with Crippen molar-refractivity contribution >= 4 is 17.9 Å². The standard InChI is InChI=1S/C73H134O6/c1-4-7-10-13-16-19-22-25-27-28-29-30-31-32-33-34-35-36-37-38-39-40-41-42-43-44-46-48-51-54-57-60-63-66-72(75)78-69-70(68-77-71(74)65-62-59-56-53-50-47-24-21-18-15-12-9-6-3)79-73(76)67-64-61-58-55-52-49-45-26-23-20-17-14-11-8-5-2/h7,10,16,19,25,27,29-30,70H,4-6,8-9,11-15,17-18,20-24,26,28,31-69H2,1-3H3/b10-7-,19-16-,27-25-,30-29-. The topological polar surface area (TPSA) is 78.9 Å². The van der Waals surface area contributed by atoms with E-state index in [0.717, 1.165) is 83.5 Å². The van der Waals surface area contributed by atoms with Crippen LogP contribution in [0.15, 0.2) is 48.6 Å². The van der Waals surface area contributed by atoms with Crippen molar-refractivity contribution in [2.45, 2.75) is 386 Å². The highest BCUT2D eigenvalue weighted by Crippen LogP contribution is 2.19. The van der Waals surface area contributed by atoms with Crippen molar-refractivity contribution in [3.8, 4) is 0 Å². The second-order valence-corrected chi connectivity index (χ2v) is 23.8. The first-order valence-electron chi connectivity index (χ1n) is 35.1. The lowest BCUT2D eigenvalue weighted by atomic mass is 10.0. The average molecular weight is 1110 g/mol. The van der Waals surface area contributed by atoms with E-state index >= 15 is 0 Å². The lowest BCUT2D eigenvalue weighted by molar-refractivity contribution is -0.167. The van der Waals surface area contributed by atoms with E-state index in [0.29, 0.717) is 19.3 Å². The fourth-order valence-corrected chi connectivity index (χ4v) is 10.6. The van der Waals surface area contributed by atoms with Gasteiger partial charge in [0.1, 0.15) is 13.2 Å². The second kappa shape index (κ2) is 67.9. The van der Waals surface area contributed by atoms with Crippen LogP contribution in [0.1, 0.15) is 380 Å². The fraction of sp³-hybridized carbons (Fsp3) is 0.849. The maximum absolute atomic E-state index is 12.9. The number of carbonyl (C=O) groups excluding carboxylic acids is 3. The Morgan fingerprint density at radius 3 is 0.772 bits per heavy atom. The molecule has 0 spiro atoms. The summed E-state index contributed by atoms with van der Waals surface area (Å²) < 4.78 is 17.0. The zero-order chi connectivity index (χ0) is 57.1. The molecule has 0 radical (unpaired) electrons. The Kier molecular flexibility index (Phi) is 65.6. The summed E-state index contributed by atoms with van der Waals surface area (Å²) in [7, 11) is 0. The van der Waals surface area contributed by atoms with Gasteiger partial charge < -0.3 is 14.2 Å². The van der Waals surface area contributed by atoms with Crippen LogP contribution in [0.5, 0.6) is 0 Å². The van der Waals surface area contributed by atoms with Gasteiger partial charge in [-0.2, -0.15) is 0 Å². The summed E-state index contributed by atoms with van der Waals surface area (Å²) in [5.41, 5.74) is 0. The Labute approximate surface area is 492 Å². The van der Waals surface area contributed by atoms with E-state index < -0.39 is 6.10 Å².